The van der Waals surface area contributed by atoms with Crippen LogP contribution in [0.15, 0.2) is 37.9 Å². The first kappa shape index (κ1) is 19.8. The fourth-order valence-electron chi connectivity index (χ4n) is 4.32. The Bertz CT molecular complexity index is 1190. The lowest BCUT2D eigenvalue weighted by molar-refractivity contribution is -0.139. The number of aromatic nitrogens is 1. The minimum atomic E-state index is -0.668. The summed E-state index contributed by atoms with van der Waals surface area (Å²) in [5.74, 6) is 2.59. The molecule has 1 saturated carbocycles. The van der Waals surface area contributed by atoms with Crippen LogP contribution in [-0.4, -0.2) is 28.4 Å². The van der Waals surface area contributed by atoms with Gasteiger partial charge < -0.3 is 18.5 Å². The van der Waals surface area contributed by atoms with E-state index in [1.807, 2.05) is 19.1 Å². The molecule has 0 saturated heterocycles. The number of hydrogen-bond donors (Lipinski definition) is 0. The first-order chi connectivity index (χ1) is 15.0. The summed E-state index contributed by atoms with van der Waals surface area (Å²) in [5, 5.41) is 0.880. The molecule has 1 unspecified atom stereocenters. The molecule has 31 heavy (non-hydrogen) atoms. The van der Waals surface area contributed by atoms with Crippen LogP contribution in [0, 0.1) is 0 Å². The van der Waals surface area contributed by atoms with E-state index >= 15 is 0 Å². The Balaban J connectivity index is 1.29. The predicted molar refractivity (Wildman–Crippen MR) is 114 cm³/mol. The van der Waals surface area contributed by atoms with Crippen molar-refractivity contribution in [3.8, 4) is 5.75 Å². The molecule has 2 aromatic heterocycles. The van der Waals surface area contributed by atoms with Crippen LogP contribution in [0.1, 0.15) is 61.9 Å². The molecule has 162 valence electrons. The van der Waals surface area contributed by atoms with Crippen LogP contribution < -0.4 is 10.4 Å². The van der Waals surface area contributed by atoms with Gasteiger partial charge in [0.2, 0.25) is 0 Å². The van der Waals surface area contributed by atoms with Gasteiger partial charge in [-0.15, -0.1) is 0 Å². The second-order valence-electron chi connectivity index (χ2n) is 8.42. The Morgan fingerprint density at radius 1 is 1.29 bits per heavy atom. The highest BCUT2D eigenvalue weighted by molar-refractivity contribution is 5.83. The normalized spacial score (nSPS) is 17.3. The number of carbonyl (C=O) groups excluding carboxylic acids is 1. The van der Waals surface area contributed by atoms with Gasteiger partial charge in [-0.05, 0) is 43.9 Å². The molecule has 1 amide bonds. The highest BCUT2D eigenvalue weighted by atomic mass is 16.5. The van der Waals surface area contributed by atoms with E-state index in [-0.39, 0.29) is 11.5 Å². The lowest BCUT2D eigenvalue weighted by Gasteiger charge is -2.28. The Hall–Kier alpha value is -3.09. The Morgan fingerprint density at radius 2 is 2.13 bits per heavy atom. The fourth-order valence-corrected chi connectivity index (χ4v) is 4.32. The molecule has 0 bridgehead atoms. The number of rotatable bonds is 5. The molecule has 0 spiro atoms. The van der Waals surface area contributed by atoms with E-state index in [0.29, 0.717) is 36.8 Å². The molecular weight excluding hydrogens is 396 g/mol. The van der Waals surface area contributed by atoms with Gasteiger partial charge in [-0.1, -0.05) is 13.3 Å². The second kappa shape index (κ2) is 7.87. The highest BCUT2D eigenvalue weighted by Crippen LogP contribution is 2.37. The van der Waals surface area contributed by atoms with Crippen molar-refractivity contribution >= 4 is 16.9 Å². The maximum atomic E-state index is 13.0. The van der Waals surface area contributed by atoms with Crippen molar-refractivity contribution in [2.75, 3.05) is 6.54 Å². The number of benzene rings is 1. The van der Waals surface area contributed by atoms with Crippen LogP contribution in [0.25, 0.3) is 11.0 Å². The van der Waals surface area contributed by atoms with E-state index in [9.17, 15) is 9.59 Å². The Morgan fingerprint density at radius 3 is 2.87 bits per heavy atom. The van der Waals surface area contributed by atoms with Gasteiger partial charge in [-0.25, -0.2) is 9.78 Å². The lowest BCUT2D eigenvalue weighted by atomic mass is 9.85. The lowest BCUT2D eigenvalue weighted by Crippen LogP contribution is -2.43. The van der Waals surface area contributed by atoms with Crippen molar-refractivity contribution in [2.24, 2.45) is 0 Å². The van der Waals surface area contributed by atoms with Gasteiger partial charge in [0.05, 0.1) is 6.54 Å². The van der Waals surface area contributed by atoms with Crippen LogP contribution in [0.2, 0.25) is 0 Å². The highest BCUT2D eigenvalue weighted by Gasteiger charge is 2.32. The summed E-state index contributed by atoms with van der Waals surface area (Å²) in [6.07, 6.45) is 4.25. The van der Waals surface area contributed by atoms with Crippen LogP contribution >= 0.6 is 0 Å². The number of fused-ring (bicyclic) bond motifs is 2. The summed E-state index contributed by atoms with van der Waals surface area (Å²) >= 11 is 0. The molecule has 3 aromatic rings. The van der Waals surface area contributed by atoms with Crippen molar-refractivity contribution in [2.45, 2.75) is 64.5 Å². The van der Waals surface area contributed by atoms with Gasteiger partial charge in [0, 0.05) is 36.4 Å². The number of amides is 1. The zero-order valence-electron chi connectivity index (χ0n) is 17.8. The van der Waals surface area contributed by atoms with E-state index in [4.69, 9.17) is 13.6 Å². The van der Waals surface area contributed by atoms with Gasteiger partial charge in [0.25, 0.3) is 5.91 Å². The average molecular weight is 422 g/mol. The smallest absolute Gasteiger partial charge is 0.336 e. The third kappa shape index (κ3) is 3.73. The number of hydrogen-bond acceptors (Lipinski definition) is 6. The van der Waals surface area contributed by atoms with Crippen molar-refractivity contribution in [1.29, 1.82) is 0 Å². The quantitative estimate of drug-likeness (QED) is 0.579. The van der Waals surface area contributed by atoms with Crippen molar-refractivity contribution in [1.82, 2.24) is 9.88 Å². The topological polar surface area (TPSA) is 85.8 Å². The molecule has 0 radical (unpaired) electrons. The molecule has 5 rings (SSSR count). The molecule has 1 fully saturated rings. The molecule has 2 aliphatic rings. The summed E-state index contributed by atoms with van der Waals surface area (Å²) in [5.41, 5.74) is 1.88. The maximum absolute atomic E-state index is 13.0. The van der Waals surface area contributed by atoms with Gasteiger partial charge in [0.1, 0.15) is 22.8 Å². The molecule has 1 aliphatic carbocycles. The zero-order chi connectivity index (χ0) is 21.5. The van der Waals surface area contributed by atoms with E-state index in [1.165, 1.54) is 12.5 Å². The Kier molecular flexibility index (Phi) is 5.04. The van der Waals surface area contributed by atoms with Crippen molar-refractivity contribution in [3.63, 3.8) is 0 Å². The van der Waals surface area contributed by atoms with Crippen LogP contribution in [-0.2, 0) is 24.2 Å². The van der Waals surface area contributed by atoms with Gasteiger partial charge >= 0.3 is 5.63 Å². The van der Waals surface area contributed by atoms with E-state index in [1.54, 1.807) is 17.9 Å². The largest absolute Gasteiger partial charge is 0.481 e. The van der Waals surface area contributed by atoms with E-state index < -0.39 is 6.10 Å². The predicted octanol–water partition coefficient (Wildman–Crippen LogP) is 3.96. The van der Waals surface area contributed by atoms with Crippen LogP contribution in [0.5, 0.6) is 5.75 Å². The third-order valence-electron chi connectivity index (χ3n) is 6.35. The summed E-state index contributed by atoms with van der Waals surface area (Å²) in [6, 6.07) is 6.87. The first-order valence-corrected chi connectivity index (χ1v) is 11.0. The standard InChI is InChI=1S/C24H26N2O5/c1-3-15-11-22(27)30-21-12-17(7-8-18(15)21)29-14(2)24(28)26-10-9-20-19(13-26)25-23(31-20)16-5-4-6-16/h7-8,11-12,14,16H,3-6,9-10,13H2,1-2H3. The fraction of sp³-hybridized carbons (Fsp3) is 0.458. The molecule has 0 N–H and O–H groups in total. The summed E-state index contributed by atoms with van der Waals surface area (Å²) in [4.78, 5) is 31.2. The zero-order valence-corrected chi connectivity index (χ0v) is 17.8. The molecule has 1 atom stereocenters. The first-order valence-electron chi connectivity index (χ1n) is 11.0. The van der Waals surface area contributed by atoms with Gasteiger partial charge in [-0.3, -0.25) is 4.79 Å². The number of nitrogens with zero attached hydrogens (tertiary/aromatic N) is 2. The van der Waals surface area contributed by atoms with Crippen LogP contribution in [0.4, 0.5) is 0 Å². The van der Waals surface area contributed by atoms with E-state index in [2.05, 4.69) is 4.98 Å². The second-order valence-corrected chi connectivity index (χ2v) is 8.42. The van der Waals surface area contributed by atoms with E-state index in [0.717, 1.165) is 47.6 Å². The monoisotopic (exact) mass is 422 g/mol. The van der Waals surface area contributed by atoms with Gasteiger partial charge in [-0.2, -0.15) is 0 Å². The molecule has 1 aromatic carbocycles. The summed E-state index contributed by atoms with van der Waals surface area (Å²) in [7, 11) is 0. The molecular formula is C24H26N2O5. The number of aryl methyl sites for hydroxylation is 1. The van der Waals surface area contributed by atoms with Gasteiger partial charge in [0.15, 0.2) is 12.0 Å². The third-order valence-corrected chi connectivity index (χ3v) is 6.35. The number of carbonyl (C=O) groups is 1. The number of ether oxygens (including phenoxy) is 1. The molecule has 7 heteroatoms. The van der Waals surface area contributed by atoms with Crippen LogP contribution in [0.3, 0.4) is 0 Å². The molecule has 3 heterocycles. The Labute approximate surface area is 180 Å². The average Bonchev–Trinajstić information content (AvgIpc) is 3.13. The molecule has 7 nitrogen and oxygen atoms in total. The summed E-state index contributed by atoms with van der Waals surface area (Å²) in [6.45, 7) is 4.77. The number of oxazole rings is 1. The minimum absolute atomic E-state index is 0.0947. The SMILES string of the molecule is CCc1cc(=O)oc2cc(OC(C)C(=O)N3CCc4oc(C5CCC5)nc4C3)ccc12. The molecule has 1 aliphatic heterocycles. The minimum Gasteiger partial charge on any atom is -0.481 e. The maximum Gasteiger partial charge on any atom is 0.336 e. The van der Waals surface area contributed by atoms with Crippen molar-refractivity contribution < 1.29 is 18.4 Å². The van der Waals surface area contributed by atoms with Crippen molar-refractivity contribution in [3.05, 3.63) is 57.6 Å². The summed E-state index contributed by atoms with van der Waals surface area (Å²) < 4.78 is 17.2.